The molecule has 0 spiro atoms. The Morgan fingerprint density at radius 1 is 1.24 bits per heavy atom. The number of aliphatic imine (C=N–C) groups is 1. The van der Waals surface area contributed by atoms with Crippen LogP contribution >= 0.6 is 0 Å². The Morgan fingerprint density at radius 2 is 1.88 bits per heavy atom. The Bertz CT molecular complexity index is 658. The summed E-state index contributed by atoms with van der Waals surface area (Å²) in [6, 6.07) is 3.84. The highest BCUT2D eigenvalue weighted by Gasteiger charge is 2.35. The average molecular weight is 347 g/mol. The molecule has 25 heavy (non-hydrogen) atoms. The molecule has 1 aliphatic rings. The number of rotatable bonds is 9. The molecular weight excluding hydrogens is 318 g/mol. The highest BCUT2D eigenvalue weighted by atomic mass is 16.7. The normalized spacial score (nSPS) is 15.4. The fourth-order valence-electron chi connectivity index (χ4n) is 3.43. The maximum Gasteiger partial charge on any atom is 0.307 e. The van der Waals surface area contributed by atoms with E-state index in [-0.39, 0.29) is 18.1 Å². The number of carbonyl (C=O) groups is 1. The van der Waals surface area contributed by atoms with Crippen LogP contribution in [0.3, 0.4) is 0 Å². The van der Waals surface area contributed by atoms with E-state index in [1.807, 2.05) is 32.9 Å². The summed E-state index contributed by atoms with van der Waals surface area (Å²) in [6.07, 6.45) is 1.16. The lowest BCUT2D eigenvalue weighted by atomic mass is 9.77. The first-order valence-corrected chi connectivity index (χ1v) is 8.97. The first kappa shape index (κ1) is 19.6. The van der Waals surface area contributed by atoms with Crippen molar-refractivity contribution in [2.24, 2.45) is 4.99 Å². The van der Waals surface area contributed by atoms with E-state index < -0.39 is 5.97 Å². The summed E-state index contributed by atoms with van der Waals surface area (Å²) in [7, 11) is 0. The third kappa shape index (κ3) is 4.28. The minimum Gasteiger partial charge on any atom is -0.481 e. The molecule has 0 aliphatic carbocycles. The number of nitrogens with zero attached hydrogens (tertiary/aromatic N) is 1. The number of fused-ring (bicyclic) bond motifs is 1. The molecule has 1 N–H and O–H groups in total. The van der Waals surface area contributed by atoms with Crippen LogP contribution in [0, 0.1) is 0 Å². The van der Waals surface area contributed by atoms with E-state index in [1.165, 1.54) is 0 Å². The van der Waals surface area contributed by atoms with E-state index in [1.54, 1.807) is 0 Å². The van der Waals surface area contributed by atoms with Crippen molar-refractivity contribution >= 4 is 17.4 Å². The van der Waals surface area contributed by atoms with Gasteiger partial charge in [-0.1, -0.05) is 19.9 Å². The van der Waals surface area contributed by atoms with Crippen LogP contribution in [-0.4, -0.2) is 36.3 Å². The van der Waals surface area contributed by atoms with Crippen LogP contribution in [0.2, 0.25) is 0 Å². The van der Waals surface area contributed by atoms with Gasteiger partial charge in [0.15, 0.2) is 6.29 Å². The van der Waals surface area contributed by atoms with E-state index in [0.717, 1.165) is 28.1 Å². The van der Waals surface area contributed by atoms with Gasteiger partial charge < -0.3 is 14.6 Å². The number of aliphatic carboxylic acids is 1. The van der Waals surface area contributed by atoms with Crippen LogP contribution in [0.25, 0.3) is 0 Å². The predicted octanol–water partition coefficient (Wildman–Crippen LogP) is 4.03. The number of ether oxygens (including phenoxy) is 2. The molecule has 5 nitrogen and oxygen atoms in total. The quantitative estimate of drug-likeness (QED) is 0.685. The number of carboxylic acid groups (broad SMARTS) is 1. The third-order valence-corrected chi connectivity index (χ3v) is 4.88. The van der Waals surface area contributed by atoms with E-state index >= 15 is 0 Å². The van der Waals surface area contributed by atoms with Crippen molar-refractivity contribution in [3.05, 3.63) is 28.8 Å². The molecule has 1 aliphatic heterocycles. The Kier molecular flexibility index (Phi) is 6.36. The predicted molar refractivity (Wildman–Crippen MR) is 98.9 cm³/mol. The Morgan fingerprint density at radius 3 is 2.44 bits per heavy atom. The highest BCUT2D eigenvalue weighted by molar-refractivity contribution is 6.00. The van der Waals surface area contributed by atoms with Gasteiger partial charge in [0.25, 0.3) is 0 Å². The SMILES string of the molecule is CCOC(CCc1c(CC(=O)O)ccc2c1C(C)(C)C(C)=N2)OCC. The van der Waals surface area contributed by atoms with Gasteiger partial charge in [0.2, 0.25) is 0 Å². The summed E-state index contributed by atoms with van der Waals surface area (Å²) in [5, 5.41) is 9.29. The molecule has 0 bridgehead atoms. The van der Waals surface area contributed by atoms with Gasteiger partial charge in [-0.25, -0.2) is 0 Å². The lowest BCUT2D eigenvalue weighted by molar-refractivity contribution is -0.139. The number of benzene rings is 1. The summed E-state index contributed by atoms with van der Waals surface area (Å²) >= 11 is 0. The van der Waals surface area contributed by atoms with Crippen molar-refractivity contribution in [1.29, 1.82) is 0 Å². The van der Waals surface area contributed by atoms with Crippen molar-refractivity contribution in [3.63, 3.8) is 0 Å². The molecular formula is C20H29NO4. The van der Waals surface area contributed by atoms with Gasteiger partial charge in [0.1, 0.15) is 0 Å². The van der Waals surface area contributed by atoms with Crippen LogP contribution in [0.1, 0.15) is 57.7 Å². The number of hydrogen-bond acceptors (Lipinski definition) is 4. The smallest absolute Gasteiger partial charge is 0.307 e. The van der Waals surface area contributed by atoms with Crippen LogP contribution in [0.4, 0.5) is 5.69 Å². The summed E-state index contributed by atoms with van der Waals surface area (Å²) in [5.74, 6) is -0.819. The molecule has 0 unspecified atom stereocenters. The van der Waals surface area contributed by atoms with Crippen LogP contribution < -0.4 is 0 Å². The molecule has 0 aromatic heterocycles. The van der Waals surface area contributed by atoms with Crippen LogP contribution in [0.5, 0.6) is 0 Å². The number of carboxylic acids is 1. The van der Waals surface area contributed by atoms with E-state index in [4.69, 9.17) is 14.5 Å². The zero-order valence-electron chi connectivity index (χ0n) is 15.9. The van der Waals surface area contributed by atoms with Crippen molar-refractivity contribution in [1.82, 2.24) is 0 Å². The largest absolute Gasteiger partial charge is 0.481 e. The summed E-state index contributed by atoms with van der Waals surface area (Å²) in [4.78, 5) is 16.0. The topological polar surface area (TPSA) is 68.1 Å². The fourth-order valence-corrected chi connectivity index (χ4v) is 3.43. The lowest BCUT2D eigenvalue weighted by Crippen LogP contribution is -2.26. The van der Waals surface area contributed by atoms with Crippen LogP contribution in [0.15, 0.2) is 17.1 Å². The minimum atomic E-state index is -0.819. The molecule has 0 amide bonds. The van der Waals surface area contributed by atoms with Gasteiger partial charge in [0.05, 0.1) is 12.1 Å². The van der Waals surface area contributed by atoms with E-state index in [0.29, 0.717) is 26.1 Å². The summed E-state index contributed by atoms with van der Waals surface area (Å²) < 4.78 is 11.3. The molecule has 0 saturated carbocycles. The van der Waals surface area contributed by atoms with Gasteiger partial charge >= 0.3 is 5.97 Å². The van der Waals surface area contributed by atoms with E-state index in [9.17, 15) is 9.90 Å². The molecule has 0 saturated heterocycles. The summed E-state index contributed by atoms with van der Waals surface area (Å²) in [5.41, 5.74) is 4.91. The maximum absolute atomic E-state index is 11.3. The first-order valence-electron chi connectivity index (χ1n) is 8.97. The van der Waals surface area contributed by atoms with Crippen molar-refractivity contribution in [3.8, 4) is 0 Å². The molecule has 138 valence electrons. The third-order valence-electron chi connectivity index (χ3n) is 4.88. The van der Waals surface area contributed by atoms with Gasteiger partial charge in [-0.15, -0.1) is 0 Å². The molecule has 1 heterocycles. The summed E-state index contributed by atoms with van der Waals surface area (Å²) in [6.45, 7) is 11.4. The molecule has 5 heteroatoms. The average Bonchev–Trinajstić information content (AvgIpc) is 2.76. The molecule has 1 aromatic carbocycles. The minimum absolute atomic E-state index is 0.0195. The maximum atomic E-state index is 11.3. The first-order chi connectivity index (χ1) is 11.8. The zero-order valence-corrected chi connectivity index (χ0v) is 15.9. The highest BCUT2D eigenvalue weighted by Crippen LogP contribution is 2.43. The second kappa shape index (κ2) is 8.11. The lowest BCUT2D eigenvalue weighted by Gasteiger charge is -2.26. The number of hydrogen-bond donors (Lipinski definition) is 1. The van der Waals surface area contributed by atoms with Crippen molar-refractivity contribution in [2.75, 3.05) is 13.2 Å². The van der Waals surface area contributed by atoms with Crippen molar-refractivity contribution < 1.29 is 19.4 Å². The monoisotopic (exact) mass is 347 g/mol. The van der Waals surface area contributed by atoms with Gasteiger partial charge in [-0.2, -0.15) is 0 Å². The van der Waals surface area contributed by atoms with Gasteiger partial charge in [-0.05, 0) is 49.9 Å². The standard InChI is InChI=1S/C20H29NO4/c1-6-24-18(25-7-2)11-9-15-14(12-17(22)23)8-10-16-19(15)20(4,5)13(3)21-16/h8,10,18H,6-7,9,11-12H2,1-5H3,(H,22,23). The van der Waals surface area contributed by atoms with Gasteiger partial charge in [0, 0.05) is 30.8 Å². The second-order valence-corrected chi connectivity index (χ2v) is 6.87. The molecule has 2 rings (SSSR count). The second-order valence-electron chi connectivity index (χ2n) is 6.87. The molecule has 0 fully saturated rings. The Hall–Kier alpha value is -1.72. The van der Waals surface area contributed by atoms with E-state index in [2.05, 4.69) is 13.8 Å². The fraction of sp³-hybridized carbons (Fsp3) is 0.600. The Labute approximate surface area is 150 Å². The zero-order chi connectivity index (χ0) is 18.6. The molecule has 1 aromatic rings. The van der Waals surface area contributed by atoms with Gasteiger partial charge in [-0.3, -0.25) is 9.79 Å². The van der Waals surface area contributed by atoms with Crippen molar-refractivity contribution in [2.45, 2.75) is 65.6 Å². The van der Waals surface area contributed by atoms with Crippen LogP contribution in [-0.2, 0) is 32.5 Å². The molecule has 0 atom stereocenters. The molecule has 0 radical (unpaired) electrons. The Balaban J connectivity index is 2.37.